The van der Waals surface area contributed by atoms with E-state index in [1.807, 2.05) is 31.2 Å². The van der Waals surface area contributed by atoms with E-state index in [1.54, 1.807) is 12.4 Å². The molecule has 0 aliphatic heterocycles. The zero-order valence-corrected chi connectivity index (χ0v) is 9.80. The first-order valence-corrected chi connectivity index (χ1v) is 5.54. The first-order chi connectivity index (χ1) is 8.16. The summed E-state index contributed by atoms with van der Waals surface area (Å²) in [6.07, 6.45) is 4.17. The molecule has 4 nitrogen and oxygen atoms in total. The lowest BCUT2D eigenvalue weighted by Crippen LogP contribution is -2.16. The number of nitrogens with two attached hydrogens (primary N) is 2. The number of rotatable bonds is 3. The average molecular weight is 228 g/mol. The first kappa shape index (κ1) is 11.5. The van der Waals surface area contributed by atoms with Crippen LogP contribution in [-0.4, -0.2) is 9.97 Å². The Bertz CT molecular complexity index is 496. The van der Waals surface area contributed by atoms with E-state index in [-0.39, 0.29) is 6.04 Å². The SMILES string of the molecule is Cc1cnc(N)c(C(N)Cc2ccccn2)c1. The van der Waals surface area contributed by atoms with Crippen LogP contribution in [0.2, 0.25) is 0 Å². The maximum Gasteiger partial charge on any atom is 0.128 e. The van der Waals surface area contributed by atoms with Crippen molar-refractivity contribution in [1.82, 2.24) is 9.97 Å². The highest BCUT2D eigenvalue weighted by atomic mass is 14.8. The molecule has 0 aliphatic rings. The number of pyridine rings is 2. The molecule has 0 bridgehead atoms. The Hall–Kier alpha value is -1.94. The van der Waals surface area contributed by atoms with Gasteiger partial charge in [-0.3, -0.25) is 4.98 Å². The molecule has 0 aromatic carbocycles. The van der Waals surface area contributed by atoms with Crippen LogP contribution in [0.3, 0.4) is 0 Å². The average Bonchev–Trinajstić information content (AvgIpc) is 2.33. The predicted octanol–water partition coefficient (Wildman–Crippen LogP) is 1.61. The quantitative estimate of drug-likeness (QED) is 0.836. The minimum absolute atomic E-state index is 0.169. The number of hydrogen-bond acceptors (Lipinski definition) is 4. The monoisotopic (exact) mass is 228 g/mol. The van der Waals surface area contributed by atoms with Gasteiger partial charge in [-0.15, -0.1) is 0 Å². The van der Waals surface area contributed by atoms with Crippen molar-refractivity contribution in [2.24, 2.45) is 5.73 Å². The number of anilines is 1. The molecule has 2 aromatic heterocycles. The summed E-state index contributed by atoms with van der Waals surface area (Å²) in [5.74, 6) is 0.499. The highest BCUT2D eigenvalue weighted by Gasteiger charge is 2.12. The van der Waals surface area contributed by atoms with E-state index in [2.05, 4.69) is 9.97 Å². The molecule has 2 aromatic rings. The Morgan fingerprint density at radius 1 is 1.29 bits per heavy atom. The van der Waals surface area contributed by atoms with Crippen LogP contribution in [0.4, 0.5) is 5.82 Å². The van der Waals surface area contributed by atoms with Crippen LogP contribution in [0, 0.1) is 6.92 Å². The van der Waals surface area contributed by atoms with Gasteiger partial charge in [0.05, 0.1) is 0 Å². The van der Waals surface area contributed by atoms with E-state index >= 15 is 0 Å². The topological polar surface area (TPSA) is 77.8 Å². The van der Waals surface area contributed by atoms with Crippen molar-refractivity contribution in [1.29, 1.82) is 0 Å². The first-order valence-electron chi connectivity index (χ1n) is 5.54. The van der Waals surface area contributed by atoms with Gasteiger partial charge in [-0.1, -0.05) is 6.07 Å². The highest BCUT2D eigenvalue weighted by Crippen LogP contribution is 2.20. The molecule has 0 aliphatic carbocycles. The number of aromatic nitrogens is 2. The van der Waals surface area contributed by atoms with Gasteiger partial charge in [-0.05, 0) is 30.7 Å². The molecule has 0 radical (unpaired) electrons. The van der Waals surface area contributed by atoms with Gasteiger partial charge in [-0.2, -0.15) is 0 Å². The molecule has 2 rings (SSSR count). The molecule has 0 amide bonds. The van der Waals surface area contributed by atoms with Gasteiger partial charge in [0.15, 0.2) is 0 Å². The van der Waals surface area contributed by atoms with Crippen LogP contribution in [0.25, 0.3) is 0 Å². The van der Waals surface area contributed by atoms with Crippen molar-refractivity contribution in [3.63, 3.8) is 0 Å². The van der Waals surface area contributed by atoms with Gasteiger partial charge in [0.25, 0.3) is 0 Å². The molecular formula is C13H16N4. The van der Waals surface area contributed by atoms with E-state index in [0.717, 1.165) is 16.8 Å². The minimum Gasteiger partial charge on any atom is -0.383 e. The predicted molar refractivity (Wildman–Crippen MR) is 68.3 cm³/mol. The molecule has 2 heterocycles. The van der Waals surface area contributed by atoms with Crippen molar-refractivity contribution >= 4 is 5.82 Å². The third-order valence-electron chi connectivity index (χ3n) is 2.64. The van der Waals surface area contributed by atoms with Gasteiger partial charge < -0.3 is 11.5 Å². The molecule has 1 unspecified atom stereocenters. The summed E-state index contributed by atoms with van der Waals surface area (Å²) in [6, 6.07) is 7.61. The van der Waals surface area contributed by atoms with Gasteiger partial charge >= 0.3 is 0 Å². The van der Waals surface area contributed by atoms with Gasteiger partial charge in [0, 0.05) is 36.1 Å². The lowest BCUT2D eigenvalue weighted by Gasteiger charge is -2.13. The Morgan fingerprint density at radius 2 is 2.12 bits per heavy atom. The van der Waals surface area contributed by atoms with Crippen LogP contribution in [-0.2, 0) is 6.42 Å². The molecule has 17 heavy (non-hydrogen) atoms. The smallest absolute Gasteiger partial charge is 0.128 e. The van der Waals surface area contributed by atoms with Crippen LogP contribution >= 0.6 is 0 Å². The number of nitrogens with zero attached hydrogens (tertiary/aromatic N) is 2. The van der Waals surface area contributed by atoms with E-state index < -0.39 is 0 Å². The minimum atomic E-state index is -0.169. The van der Waals surface area contributed by atoms with E-state index in [4.69, 9.17) is 11.5 Å². The van der Waals surface area contributed by atoms with Gasteiger partial charge in [0.1, 0.15) is 5.82 Å². The van der Waals surface area contributed by atoms with E-state index in [1.165, 1.54) is 0 Å². The number of nitrogen functional groups attached to an aromatic ring is 1. The zero-order valence-electron chi connectivity index (χ0n) is 9.80. The Morgan fingerprint density at radius 3 is 2.82 bits per heavy atom. The van der Waals surface area contributed by atoms with Gasteiger partial charge in [0.2, 0.25) is 0 Å². The van der Waals surface area contributed by atoms with Crippen LogP contribution in [0.1, 0.15) is 22.9 Å². The summed E-state index contributed by atoms with van der Waals surface area (Å²) >= 11 is 0. The fourth-order valence-electron chi connectivity index (χ4n) is 1.75. The fraction of sp³-hybridized carbons (Fsp3) is 0.231. The van der Waals surface area contributed by atoms with E-state index in [0.29, 0.717) is 12.2 Å². The second-order valence-electron chi connectivity index (χ2n) is 4.12. The Balaban J connectivity index is 2.20. The standard InChI is InChI=1S/C13H16N4/c1-9-6-11(13(15)17-8-9)12(14)7-10-4-2-3-5-16-10/h2-6,8,12H,7,14H2,1H3,(H2,15,17). The zero-order chi connectivity index (χ0) is 12.3. The summed E-state index contributed by atoms with van der Waals surface area (Å²) < 4.78 is 0. The lowest BCUT2D eigenvalue weighted by molar-refractivity contribution is 0.705. The van der Waals surface area contributed by atoms with Crippen LogP contribution in [0.5, 0.6) is 0 Å². The summed E-state index contributed by atoms with van der Waals surface area (Å²) in [6.45, 7) is 1.98. The molecule has 0 spiro atoms. The van der Waals surface area contributed by atoms with Crippen molar-refractivity contribution in [3.05, 3.63) is 53.5 Å². The molecule has 0 saturated carbocycles. The molecule has 4 heteroatoms. The van der Waals surface area contributed by atoms with E-state index in [9.17, 15) is 0 Å². The normalized spacial score (nSPS) is 12.4. The number of aryl methyl sites for hydroxylation is 1. The van der Waals surface area contributed by atoms with Crippen molar-refractivity contribution < 1.29 is 0 Å². The van der Waals surface area contributed by atoms with Crippen LogP contribution < -0.4 is 11.5 Å². The van der Waals surface area contributed by atoms with Crippen molar-refractivity contribution in [2.45, 2.75) is 19.4 Å². The second kappa shape index (κ2) is 4.93. The van der Waals surface area contributed by atoms with Gasteiger partial charge in [-0.25, -0.2) is 4.98 Å². The molecule has 0 fully saturated rings. The molecule has 1 atom stereocenters. The fourth-order valence-corrected chi connectivity index (χ4v) is 1.75. The largest absolute Gasteiger partial charge is 0.383 e. The number of hydrogen-bond donors (Lipinski definition) is 2. The maximum absolute atomic E-state index is 6.14. The summed E-state index contributed by atoms with van der Waals surface area (Å²) in [7, 11) is 0. The van der Waals surface area contributed by atoms with Crippen molar-refractivity contribution in [2.75, 3.05) is 5.73 Å². The van der Waals surface area contributed by atoms with Crippen molar-refractivity contribution in [3.8, 4) is 0 Å². The summed E-state index contributed by atoms with van der Waals surface area (Å²) in [5.41, 5.74) is 14.9. The molecule has 88 valence electrons. The van der Waals surface area contributed by atoms with Crippen LogP contribution in [0.15, 0.2) is 36.7 Å². The third kappa shape index (κ3) is 2.79. The Labute approximate surface area is 101 Å². The lowest BCUT2D eigenvalue weighted by atomic mass is 10.0. The summed E-state index contributed by atoms with van der Waals surface area (Å²) in [4.78, 5) is 8.37. The summed E-state index contributed by atoms with van der Waals surface area (Å²) in [5, 5.41) is 0. The molecule has 4 N–H and O–H groups in total. The third-order valence-corrected chi connectivity index (χ3v) is 2.64. The maximum atomic E-state index is 6.14. The molecular weight excluding hydrogens is 212 g/mol. The second-order valence-corrected chi connectivity index (χ2v) is 4.12. The highest BCUT2D eigenvalue weighted by molar-refractivity contribution is 5.43. The Kier molecular flexibility index (Phi) is 3.35. The molecule has 0 saturated heterocycles.